The first-order valence-electron chi connectivity index (χ1n) is 5.65. The second-order valence-electron chi connectivity index (χ2n) is 4.11. The molecule has 0 aliphatic rings. The van der Waals surface area contributed by atoms with Gasteiger partial charge in [0.2, 0.25) is 0 Å². The van der Waals surface area contributed by atoms with Gasteiger partial charge in [-0.2, -0.15) is 43.2 Å². The zero-order valence-corrected chi connectivity index (χ0v) is 12.9. The second-order valence-corrected chi connectivity index (χ2v) is 7.28. The van der Waals surface area contributed by atoms with Crippen LogP contribution in [0.25, 0.3) is 0 Å². The molecule has 0 aromatic heterocycles. The fourth-order valence-corrected chi connectivity index (χ4v) is 3.84. The van der Waals surface area contributed by atoms with Gasteiger partial charge >= 0.3 is 12.4 Å². The molecule has 0 spiro atoms. The smallest absolute Gasteiger partial charge is 0.257 e. The molecular formula is C10H8F6O6S2. The quantitative estimate of drug-likeness (QED) is 0.536. The monoisotopic (exact) mass is 402 g/mol. The van der Waals surface area contributed by atoms with Crippen molar-refractivity contribution in [3.8, 4) is 0 Å². The van der Waals surface area contributed by atoms with Crippen molar-refractivity contribution in [3.05, 3.63) is 24.3 Å². The van der Waals surface area contributed by atoms with Gasteiger partial charge in [-0.1, -0.05) is 12.1 Å². The Balaban J connectivity index is 3.21. The third kappa shape index (κ3) is 6.26. The number of hydrogen-bond donors (Lipinski definition) is 0. The minimum Gasteiger partial charge on any atom is -0.257 e. The Morgan fingerprint density at radius 1 is 0.708 bits per heavy atom. The van der Waals surface area contributed by atoms with Crippen molar-refractivity contribution in [2.24, 2.45) is 0 Å². The van der Waals surface area contributed by atoms with Crippen LogP contribution >= 0.6 is 0 Å². The van der Waals surface area contributed by atoms with Gasteiger partial charge in [0.15, 0.2) is 13.2 Å². The molecule has 1 aromatic carbocycles. The van der Waals surface area contributed by atoms with Crippen molar-refractivity contribution in [2.45, 2.75) is 22.1 Å². The Hall–Kier alpha value is -1.38. The molecule has 0 saturated carbocycles. The molecule has 0 saturated heterocycles. The third-order valence-electron chi connectivity index (χ3n) is 2.14. The fourth-order valence-electron chi connectivity index (χ4n) is 1.28. The second kappa shape index (κ2) is 6.85. The van der Waals surface area contributed by atoms with Crippen LogP contribution in [0.15, 0.2) is 34.1 Å². The molecular weight excluding hydrogens is 394 g/mol. The number of halogens is 6. The Kier molecular flexibility index (Phi) is 5.90. The lowest BCUT2D eigenvalue weighted by Crippen LogP contribution is -2.23. The van der Waals surface area contributed by atoms with E-state index in [-0.39, 0.29) is 0 Å². The van der Waals surface area contributed by atoms with E-state index in [1.165, 1.54) is 0 Å². The van der Waals surface area contributed by atoms with E-state index in [1.807, 2.05) is 0 Å². The first kappa shape index (κ1) is 20.7. The summed E-state index contributed by atoms with van der Waals surface area (Å²) in [5.74, 6) is 0. The molecule has 0 aliphatic carbocycles. The van der Waals surface area contributed by atoms with E-state index in [0.29, 0.717) is 12.1 Å². The van der Waals surface area contributed by atoms with Crippen LogP contribution in [0.1, 0.15) is 0 Å². The van der Waals surface area contributed by atoms with Crippen LogP contribution in [0.2, 0.25) is 0 Å². The van der Waals surface area contributed by atoms with E-state index in [1.54, 1.807) is 0 Å². The molecule has 6 nitrogen and oxygen atoms in total. The Morgan fingerprint density at radius 2 is 1.00 bits per heavy atom. The summed E-state index contributed by atoms with van der Waals surface area (Å²) in [6, 6.07) is 2.98. The van der Waals surface area contributed by atoms with Crippen LogP contribution < -0.4 is 0 Å². The van der Waals surface area contributed by atoms with E-state index in [4.69, 9.17) is 0 Å². The van der Waals surface area contributed by atoms with E-state index in [2.05, 4.69) is 8.37 Å². The van der Waals surface area contributed by atoms with E-state index >= 15 is 0 Å². The van der Waals surface area contributed by atoms with Crippen molar-refractivity contribution < 1.29 is 51.5 Å². The lowest BCUT2D eigenvalue weighted by atomic mass is 10.4. The standard InChI is InChI=1S/C10H8F6O6S2/c11-9(12,13)5-21-23(17,18)7-3-1-2-4-8(7)24(19,20)22-6-10(14,15)16/h1-4H,5-6H2. The number of hydrogen-bond acceptors (Lipinski definition) is 6. The van der Waals surface area contributed by atoms with Gasteiger partial charge in [-0.25, -0.2) is 0 Å². The normalized spacial score (nSPS) is 13.9. The molecule has 24 heavy (non-hydrogen) atoms. The molecule has 0 fully saturated rings. The molecule has 0 bridgehead atoms. The maximum atomic E-state index is 12.0. The highest BCUT2D eigenvalue weighted by atomic mass is 32.2. The van der Waals surface area contributed by atoms with Gasteiger partial charge in [0.1, 0.15) is 9.79 Å². The lowest BCUT2D eigenvalue weighted by molar-refractivity contribution is -0.153. The predicted molar refractivity (Wildman–Crippen MR) is 64.8 cm³/mol. The number of rotatable bonds is 6. The van der Waals surface area contributed by atoms with Crippen molar-refractivity contribution >= 4 is 20.2 Å². The first-order chi connectivity index (χ1) is 10.6. The molecule has 0 unspecified atom stereocenters. The molecule has 0 radical (unpaired) electrons. The Morgan fingerprint density at radius 3 is 1.25 bits per heavy atom. The molecule has 1 aromatic rings. The molecule has 0 aliphatic heterocycles. The van der Waals surface area contributed by atoms with Gasteiger partial charge in [0.25, 0.3) is 20.2 Å². The van der Waals surface area contributed by atoms with Crippen LogP contribution in [-0.4, -0.2) is 42.4 Å². The number of benzene rings is 1. The summed E-state index contributed by atoms with van der Waals surface area (Å²) in [7, 11) is -10.4. The van der Waals surface area contributed by atoms with Crippen molar-refractivity contribution in [1.29, 1.82) is 0 Å². The fraction of sp³-hybridized carbons (Fsp3) is 0.400. The highest BCUT2D eigenvalue weighted by Crippen LogP contribution is 2.27. The molecule has 0 amide bonds. The summed E-state index contributed by atoms with van der Waals surface area (Å²) in [5.41, 5.74) is 0. The van der Waals surface area contributed by atoms with Gasteiger partial charge < -0.3 is 0 Å². The van der Waals surface area contributed by atoms with Gasteiger partial charge in [-0.05, 0) is 12.1 Å². The summed E-state index contributed by atoms with van der Waals surface area (Å²) in [6.07, 6.45) is -10.1. The Labute approximate surface area is 132 Å². The summed E-state index contributed by atoms with van der Waals surface area (Å²) >= 11 is 0. The van der Waals surface area contributed by atoms with Crippen LogP contribution in [0.3, 0.4) is 0 Å². The summed E-state index contributed by atoms with van der Waals surface area (Å²) in [4.78, 5) is -2.56. The van der Waals surface area contributed by atoms with Crippen molar-refractivity contribution in [3.63, 3.8) is 0 Å². The van der Waals surface area contributed by atoms with Crippen LogP contribution in [0.5, 0.6) is 0 Å². The predicted octanol–water partition coefficient (Wildman–Crippen LogP) is 2.22. The first-order valence-corrected chi connectivity index (χ1v) is 8.47. The van der Waals surface area contributed by atoms with Crippen LogP contribution in [-0.2, 0) is 28.6 Å². The van der Waals surface area contributed by atoms with E-state index < -0.39 is 55.6 Å². The van der Waals surface area contributed by atoms with Crippen LogP contribution in [0.4, 0.5) is 26.3 Å². The van der Waals surface area contributed by atoms with Gasteiger partial charge in [0.05, 0.1) is 0 Å². The zero-order valence-electron chi connectivity index (χ0n) is 11.3. The molecule has 0 heterocycles. The largest absolute Gasteiger partial charge is 0.413 e. The number of alkyl halides is 6. The average molecular weight is 402 g/mol. The molecule has 0 N–H and O–H groups in total. The van der Waals surface area contributed by atoms with Gasteiger partial charge in [-0.3, -0.25) is 8.37 Å². The van der Waals surface area contributed by atoms with Crippen molar-refractivity contribution in [1.82, 2.24) is 0 Å². The minimum absolute atomic E-state index is 0.551. The molecule has 14 heteroatoms. The summed E-state index contributed by atoms with van der Waals surface area (Å²) in [5, 5.41) is 0. The third-order valence-corrected chi connectivity index (χ3v) is 4.92. The Bertz CT molecular complexity index is 714. The maximum absolute atomic E-state index is 12.0. The highest BCUT2D eigenvalue weighted by molar-refractivity contribution is 7.90. The van der Waals surface area contributed by atoms with Crippen LogP contribution in [0, 0.1) is 0 Å². The lowest BCUT2D eigenvalue weighted by Gasteiger charge is -2.13. The minimum atomic E-state index is -5.22. The molecule has 1 rings (SSSR count). The van der Waals surface area contributed by atoms with Crippen molar-refractivity contribution in [2.75, 3.05) is 13.2 Å². The zero-order chi connectivity index (χ0) is 18.8. The SMILES string of the molecule is O=S(=O)(OCC(F)(F)F)c1ccccc1S(=O)(=O)OCC(F)(F)F. The highest BCUT2D eigenvalue weighted by Gasteiger charge is 2.36. The summed E-state index contributed by atoms with van der Waals surface area (Å²) in [6.45, 7) is -4.49. The van der Waals surface area contributed by atoms with E-state index in [0.717, 1.165) is 12.1 Å². The topological polar surface area (TPSA) is 86.7 Å². The average Bonchev–Trinajstić information content (AvgIpc) is 2.42. The van der Waals surface area contributed by atoms with Gasteiger partial charge in [-0.15, -0.1) is 0 Å². The van der Waals surface area contributed by atoms with Gasteiger partial charge in [0, 0.05) is 0 Å². The molecule has 138 valence electrons. The molecule has 0 atom stereocenters. The maximum Gasteiger partial charge on any atom is 0.413 e. The summed E-state index contributed by atoms with van der Waals surface area (Å²) < 4.78 is 126. The van der Waals surface area contributed by atoms with E-state index in [9.17, 15) is 43.2 Å².